The monoisotopic (exact) mass is 348 g/mol. The van der Waals surface area contributed by atoms with Crippen molar-refractivity contribution < 1.29 is 0 Å². The van der Waals surface area contributed by atoms with Gasteiger partial charge in [0.05, 0.1) is 0 Å². The van der Waals surface area contributed by atoms with Gasteiger partial charge < -0.3 is 10.2 Å². The fraction of sp³-hybridized carbons (Fsp3) is 0.706. The van der Waals surface area contributed by atoms with Crippen LogP contribution in [0.2, 0.25) is 0 Å². The molecule has 1 fully saturated rings. The van der Waals surface area contributed by atoms with E-state index >= 15 is 0 Å². The molecule has 1 aromatic heterocycles. The van der Waals surface area contributed by atoms with Crippen molar-refractivity contribution in [2.24, 2.45) is 20.0 Å². The van der Waals surface area contributed by atoms with Crippen LogP contribution in [-0.2, 0) is 14.1 Å². The van der Waals surface area contributed by atoms with E-state index in [2.05, 4.69) is 36.0 Å². The largest absolute Gasteiger partial charge is 0.369 e. The van der Waals surface area contributed by atoms with Crippen LogP contribution in [0.4, 0.5) is 5.82 Å². The Kier molecular flexibility index (Phi) is 6.03. The number of hydrogen-bond donors (Lipinski definition) is 1. The smallest absolute Gasteiger partial charge is 0.332 e. The zero-order valence-electron chi connectivity index (χ0n) is 15.7. The molecule has 0 amide bonds. The first-order valence-electron chi connectivity index (χ1n) is 8.64. The Labute approximate surface area is 148 Å². The van der Waals surface area contributed by atoms with Crippen molar-refractivity contribution in [1.29, 1.82) is 5.26 Å². The Hall–Kier alpha value is -2.11. The van der Waals surface area contributed by atoms with Gasteiger partial charge in [0.15, 0.2) is 5.56 Å². The van der Waals surface area contributed by atoms with Gasteiger partial charge >= 0.3 is 5.69 Å². The number of anilines is 1. The van der Waals surface area contributed by atoms with E-state index in [1.165, 1.54) is 11.6 Å². The van der Waals surface area contributed by atoms with Gasteiger partial charge in [0.25, 0.3) is 5.56 Å². The Bertz CT molecular complexity index is 765. The van der Waals surface area contributed by atoms with Gasteiger partial charge in [-0.05, 0) is 13.0 Å². The summed E-state index contributed by atoms with van der Waals surface area (Å²) in [5, 5.41) is 12.6. The molecule has 1 saturated heterocycles. The summed E-state index contributed by atoms with van der Waals surface area (Å²) >= 11 is 0. The van der Waals surface area contributed by atoms with Crippen molar-refractivity contribution in [3.63, 3.8) is 0 Å². The molecule has 1 aliphatic heterocycles. The third kappa shape index (κ3) is 3.94. The summed E-state index contributed by atoms with van der Waals surface area (Å²) in [5.74, 6) is 0.709. The normalized spacial score (nSPS) is 17.5. The number of hydrogen-bond acceptors (Lipinski definition) is 6. The molecule has 2 heterocycles. The molecule has 0 aromatic carbocycles. The maximum atomic E-state index is 12.2. The number of aromatic nitrogens is 2. The fourth-order valence-corrected chi connectivity index (χ4v) is 3.29. The Morgan fingerprint density at radius 3 is 2.20 bits per heavy atom. The average molecular weight is 348 g/mol. The lowest BCUT2D eigenvalue weighted by atomic mass is 10.0. The van der Waals surface area contributed by atoms with Gasteiger partial charge in [-0.1, -0.05) is 13.8 Å². The zero-order valence-corrected chi connectivity index (χ0v) is 15.7. The molecule has 25 heavy (non-hydrogen) atoms. The summed E-state index contributed by atoms with van der Waals surface area (Å²) in [7, 11) is 5.08. The van der Waals surface area contributed by atoms with Crippen molar-refractivity contribution in [1.82, 2.24) is 18.9 Å². The average Bonchev–Trinajstić information content (AvgIpc) is 2.58. The Morgan fingerprint density at radius 1 is 1.08 bits per heavy atom. The lowest BCUT2D eigenvalue weighted by Gasteiger charge is -2.40. The first-order chi connectivity index (χ1) is 11.8. The molecule has 8 heteroatoms. The minimum Gasteiger partial charge on any atom is -0.369 e. The van der Waals surface area contributed by atoms with Crippen molar-refractivity contribution in [3.05, 3.63) is 26.4 Å². The van der Waals surface area contributed by atoms with E-state index in [4.69, 9.17) is 0 Å². The molecule has 1 aromatic rings. The first kappa shape index (κ1) is 19.2. The second-order valence-corrected chi connectivity index (χ2v) is 7.07. The lowest BCUT2D eigenvalue weighted by molar-refractivity contribution is 0.0943. The van der Waals surface area contributed by atoms with Crippen molar-refractivity contribution in [3.8, 4) is 6.07 Å². The van der Waals surface area contributed by atoms with Crippen LogP contribution >= 0.6 is 0 Å². The van der Waals surface area contributed by atoms with E-state index in [1.807, 2.05) is 6.07 Å². The summed E-state index contributed by atoms with van der Waals surface area (Å²) in [6.45, 7) is 8.94. The van der Waals surface area contributed by atoms with Crippen LogP contribution in [0.15, 0.2) is 9.59 Å². The molecule has 0 saturated carbocycles. The van der Waals surface area contributed by atoms with Gasteiger partial charge in [-0.15, -0.1) is 0 Å². The second-order valence-electron chi connectivity index (χ2n) is 7.07. The molecule has 0 radical (unpaired) electrons. The van der Waals surface area contributed by atoms with E-state index in [0.29, 0.717) is 18.3 Å². The summed E-state index contributed by atoms with van der Waals surface area (Å²) in [5.41, 5.74) is -1.02. The SMILES string of the molecule is CC(C)C(CNc1c(C#N)c(=O)n(C)c(=O)n1C)N1CCN(C)CC1. The lowest BCUT2D eigenvalue weighted by Crippen LogP contribution is -2.53. The Morgan fingerprint density at radius 2 is 1.68 bits per heavy atom. The number of rotatable bonds is 5. The predicted octanol–water partition coefficient (Wildman–Crippen LogP) is -0.360. The fourth-order valence-electron chi connectivity index (χ4n) is 3.29. The predicted molar refractivity (Wildman–Crippen MR) is 97.8 cm³/mol. The number of piperazine rings is 1. The van der Waals surface area contributed by atoms with Gasteiger partial charge in [-0.2, -0.15) is 5.26 Å². The van der Waals surface area contributed by atoms with Crippen molar-refractivity contribution in [2.75, 3.05) is 45.1 Å². The third-order valence-corrected chi connectivity index (χ3v) is 5.03. The number of likely N-dealkylation sites (N-methyl/N-ethyl adjacent to an activating group) is 1. The van der Waals surface area contributed by atoms with Crippen LogP contribution in [0.3, 0.4) is 0 Å². The van der Waals surface area contributed by atoms with Crippen molar-refractivity contribution in [2.45, 2.75) is 19.9 Å². The number of nitrogens with one attached hydrogen (secondary N) is 1. The van der Waals surface area contributed by atoms with E-state index in [9.17, 15) is 14.9 Å². The van der Waals surface area contributed by atoms with Crippen LogP contribution in [-0.4, -0.2) is 64.7 Å². The van der Waals surface area contributed by atoms with Crippen LogP contribution in [0.5, 0.6) is 0 Å². The topological polar surface area (TPSA) is 86.3 Å². The molecule has 138 valence electrons. The van der Waals surface area contributed by atoms with Gasteiger partial charge in [-0.3, -0.25) is 18.8 Å². The van der Waals surface area contributed by atoms with Gasteiger partial charge in [0, 0.05) is 52.9 Å². The number of nitriles is 1. The maximum Gasteiger partial charge on any atom is 0.332 e. The summed E-state index contributed by atoms with van der Waals surface area (Å²) in [4.78, 5) is 29.1. The van der Waals surface area contributed by atoms with Gasteiger partial charge in [0.1, 0.15) is 11.9 Å². The molecule has 1 N–H and O–H groups in total. The van der Waals surface area contributed by atoms with Gasteiger partial charge in [0.2, 0.25) is 0 Å². The molecule has 1 unspecified atom stereocenters. The Balaban J connectivity index is 2.26. The summed E-state index contributed by atoms with van der Waals surface area (Å²) in [6, 6.07) is 2.20. The van der Waals surface area contributed by atoms with Gasteiger partial charge in [-0.25, -0.2) is 4.79 Å². The molecule has 1 aliphatic rings. The maximum absolute atomic E-state index is 12.2. The molecule has 1 atom stereocenters. The molecule has 8 nitrogen and oxygen atoms in total. The molecular weight excluding hydrogens is 320 g/mol. The minimum atomic E-state index is -0.561. The van der Waals surface area contributed by atoms with Crippen LogP contribution in [0, 0.1) is 17.2 Å². The van der Waals surface area contributed by atoms with E-state index < -0.39 is 11.2 Å². The van der Waals surface area contributed by atoms with Crippen LogP contribution in [0.1, 0.15) is 19.4 Å². The number of nitrogens with zero attached hydrogens (tertiary/aromatic N) is 5. The summed E-state index contributed by atoms with van der Waals surface area (Å²) < 4.78 is 2.30. The molecule has 0 spiro atoms. The highest BCUT2D eigenvalue weighted by Gasteiger charge is 2.26. The van der Waals surface area contributed by atoms with Crippen molar-refractivity contribution >= 4 is 5.82 Å². The highest BCUT2D eigenvalue weighted by atomic mass is 16.2. The van der Waals surface area contributed by atoms with Crippen LogP contribution < -0.4 is 16.6 Å². The first-order valence-corrected chi connectivity index (χ1v) is 8.64. The van der Waals surface area contributed by atoms with E-state index in [-0.39, 0.29) is 11.6 Å². The van der Waals surface area contributed by atoms with Crippen LogP contribution in [0.25, 0.3) is 0 Å². The van der Waals surface area contributed by atoms with E-state index in [0.717, 1.165) is 30.7 Å². The highest BCUT2D eigenvalue weighted by molar-refractivity contribution is 5.51. The highest BCUT2D eigenvalue weighted by Crippen LogP contribution is 2.15. The second kappa shape index (κ2) is 7.85. The molecule has 2 rings (SSSR count). The molecule has 0 bridgehead atoms. The summed E-state index contributed by atoms with van der Waals surface area (Å²) in [6.07, 6.45) is 0. The standard InChI is InChI=1S/C17H28N6O2/c1-12(2)14(23-8-6-20(3)7-9-23)11-19-15-13(10-18)16(24)22(5)17(25)21(15)4/h12,14,19H,6-9,11H2,1-5H3. The van der Waals surface area contributed by atoms with E-state index in [1.54, 1.807) is 7.05 Å². The quantitative estimate of drug-likeness (QED) is 0.782. The molecular formula is C17H28N6O2. The third-order valence-electron chi connectivity index (χ3n) is 5.03. The molecule has 0 aliphatic carbocycles. The zero-order chi connectivity index (χ0) is 18.7. The minimum absolute atomic E-state index is 0.0227.